The van der Waals surface area contributed by atoms with Crippen molar-refractivity contribution in [2.24, 2.45) is 0 Å². The number of aryl methyl sites for hydroxylation is 2. The summed E-state index contributed by atoms with van der Waals surface area (Å²) in [6, 6.07) is 11.7. The zero-order valence-electron chi connectivity index (χ0n) is 16.9. The summed E-state index contributed by atoms with van der Waals surface area (Å²) >= 11 is 0. The van der Waals surface area contributed by atoms with Crippen LogP contribution in [0.5, 0.6) is 5.75 Å². The van der Waals surface area contributed by atoms with Gasteiger partial charge in [0.1, 0.15) is 5.75 Å². The third-order valence-electron chi connectivity index (χ3n) is 4.29. The van der Waals surface area contributed by atoms with Crippen LogP contribution in [0.25, 0.3) is 0 Å². The first-order valence-corrected chi connectivity index (χ1v) is 9.32. The summed E-state index contributed by atoms with van der Waals surface area (Å²) in [4.78, 5) is 23.0. The van der Waals surface area contributed by atoms with E-state index in [0.717, 1.165) is 28.0 Å². The maximum absolute atomic E-state index is 11.8. The molecule has 1 amide bonds. The molecule has 0 saturated heterocycles. The van der Waals surface area contributed by atoms with Crippen LogP contribution in [-0.2, 0) is 22.6 Å². The highest BCUT2D eigenvalue weighted by Crippen LogP contribution is 2.25. The molecule has 2 aromatic carbocycles. The summed E-state index contributed by atoms with van der Waals surface area (Å²) in [5, 5.41) is 6.20. The van der Waals surface area contributed by atoms with E-state index in [1.807, 2.05) is 57.2 Å². The second-order valence-electron chi connectivity index (χ2n) is 6.58. The first-order chi connectivity index (χ1) is 13.4. The molecule has 2 rings (SSSR count). The standard InChI is InChI=1S/C22H28N2O4/c1-5-24-22(26)19-8-6-17(7-9-19)12-23-13-18-10-15(2)21(16(3)11-18)28-14-20(25)27-4/h6-11,23H,5,12-14H2,1-4H3,(H,24,26). The molecule has 0 unspecified atom stereocenters. The van der Waals surface area contributed by atoms with Crippen LogP contribution < -0.4 is 15.4 Å². The molecule has 0 aliphatic carbocycles. The van der Waals surface area contributed by atoms with Gasteiger partial charge in [0.05, 0.1) is 7.11 Å². The van der Waals surface area contributed by atoms with Crippen LogP contribution in [-0.4, -0.2) is 32.1 Å². The highest BCUT2D eigenvalue weighted by atomic mass is 16.6. The van der Waals surface area contributed by atoms with E-state index < -0.39 is 5.97 Å². The van der Waals surface area contributed by atoms with E-state index in [-0.39, 0.29) is 12.5 Å². The average Bonchev–Trinajstić information content (AvgIpc) is 2.67. The largest absolute Gasteiger partial charge is 0.481 e. The highest BCUT2D eigenvalue weighted by Gasteiger charge is 2.09. The summed E-state index contributed by atoms with van der Waals surface area (Å²) in [7, 11) is 1.34. The lowest BCUT2D eigenvalue weighted by atomic mass is 10.1. The average molecular weight is 384 g/mol. The lowest BCUT2D eigenvalue weighted by molar-refractivity contribution is -0.142. The number of hydrogen-bond donors (Lipinski definition) is 2. The van der Waals surface area contributed by atoms with Gasteiger partial charge in [-0.25, -0.2) is 4.79 Å². The van der Waals surface area contributed by atoms with Gasteiger partial charge in [0, 0.05) is 25.2 Å². The molecule has 0 fully saturated rings. The summed E-state index contributed by atoms with van der Waals surface area (Å²) in [5.41, 5.74) is 4.87. The van der Waals surface area contributed by atoms with Crippen molar-refractivity contribution < 1.29 is 19.1 Å². The number of carbonyl (C=O) groups is 2. The summed E-state index contributed by atoms with van der Waals surface area (Å²) in [5.74, 6) is 0.264. The number of methoxy groups -OCH3 is 1. The minimum absolute atomic E-state index is 0.0533. The van der Waals surface area contributed by atoms with Crippen molar-refractivity contribution in [1.29, 1.82) is 0 Å². The first kappa shape index (κ1) is 21.4. The predicted molar refractivity (Wildman–Crippen MR) is 108 cm³/mol. The van der Waals surface area contributed by atoms with Crippen molar-refractivity contribution in [3.05, 3.63) is 64.2 Å². The quantitative estimate of drug-likeness (QED) is 0.650. The number of carbonyl (C=O) groups excluding carboxylic acids is 2. The van der Waals surface area contributed by atoms with Crippen LogP contribution >= 0.6 is 0 Å². The number of ether oxygens (including phenoxy) is 2. The van der Waals surface area contributed by atoms with Gasteiger partial charge in [-0.3, -0.25) is 4.79 Å². The zero-order valence-corrected chi connectivity index (χ0v) is 16.9. The first-order valence-electron chi connectivity index (χ1n) is 9.32. The molecule has 0 heterocycles. The van der Waals surface area contributed by atoms with Gasteiger partial charge in [-0.05, 0) is 55.2 Å². The van der Waals surface area contributed by atoms with Crippen molar-refractivity contribution in [1.82, 2.24) is 10.6 Å². The molecule has 0 atom stereocenters. The van der Waals surface area contributed by atoms with Crippen LogP contribution in [0.15, 0.2) is 36.4 Å². The molecule has 0 spiro atoms. The Morgan fingerprint density at radius 3 is 2.14 bits per heavy atom. The van der Waals surface area contributed by atoms with E-state index in [1.165, 1.54) is 7.11 Å². The van der Waals surface area contributed by atoms with Crippen molar-refractivity contribution in [3.8, 4) is 5.75 Å². The molecule has 6 nitrogen and oxygen atoms in total. The third kappa shape index (κ3) is 6.09. The fourth-order valence-electron chi connectivity index (χ4n) is 2.95. The Kier molecular flexibility index (Phi) is 8.02. The molecule has 6 heteroatoms. The maximum atomic E-state index is 11.8. The molecule has 0 saturated carbocycles. The number of rotatable bonds is 9. The molecule has 2 aromatic rings. The normalized spacial score (nSPS) is 10.4. The minimum Gasteiger partial charge on any atom is -0.481 e. The molecule has 2 N–H and O–H groups in total. The van der Waals surface area contributed by atoms with Gasteiger partial charge in [0.15, 0.2) is 6.61 Å². The number of esters is 1. The summed E-state index contributed by atoms with van der Waals surface area (Å²) < 4.78 is 10.2. The van der Waals surface area contributed by atoms with E-state index >= 15 is 0 Å². The Labute approximate surface area is 166 Å². The number of hydrogen-bond acceptors (Lipinski definition) is 5. The monoisotopic (exact) mass is 384 g/mol. The Morgan fingerprint density at radius 1 is 0.964 bits per heavy atom. The fraction of sp³-hybridized carbons (Fsp3) is 0.364. The molecule has 0 aliphatic heterocycles. The van der Waals surface area contributed by atoms with Gasteiger partial charge < -0.3 is 20.1 Å². The fourth-order valence-corrected chi connectivity index (χ4v) is 2.95. The minimum atomic E-state index is -0.400. The summed E-state index contributed by atoms with van der Waals surface area (Å²) in [6.07, 6.45) is 0. The third-order valence-corrected chi connectivity index (χ3v) is 4.29. The highest BCUT2D eigenvalue weighted by molar-refractivity contribution is 5.94. The predicted octanol–water partition coefficient (Wildman–Crippen LogP) is 2.89. The molecule has 28 heavy (non-hydrogen) atoms. The van der Waals surface area contributed by atoms with Crippen LogP contribution in [0.4, 0.5) is 0 Å². The smallest absolute Gasteiger partial charge is 0.343 e. The Balaban J connectivity index is 1.90. The van der Waals surface area contributed by atoms with Crippen LogP contribution in [0.2, 0.25) is 0 Å². The van der Waals surface area contributed by atoms with Crippen LogP contribution in [0.3, 0.4) is 0 Å². The number of amides is 1. The van der Waals surface area contributed by atoms with Gasteiger partial charge in [-0.2, -0.15) is 0 Å². The molecule has 150 valence electrons. The molecular weight excluding hydrogens is 356 g/mol. The van der Waals surface area contributed by atoms with E-state index in [2.05, 4.69) is 15.4 Å². The SMILES string of the molecule is CCNC(=O)c1ccc(CNCc2cc(C)c(OCC(=O)OC)c(C)c2)cc1. The second kappa shape index (κ2) is 10.5. The molecular formula is C22H28N2O4. The van der Waals surface area contributed by atoms with Gasteiger partial charge >= 0.3 is 5.97 Å². The van der Waals surface area contributed by atoms with Crippen LogP contribution in [0, 0.1) is 13.8 Å². The Hall–Kier alpha value is -2.86. The number of benzene rings is 2. The zero-order chi connectivity index (χ0) is 20.5. The van der Waals surface area contributed by atoms with E-state index in [1.54, 1.807) is 0 Å². The molecule has 0 bridgehead atoms. The Bertz CT molecular complexity index is 793. The van der Waals surface area contributed by atoms with Crippen molar-refractivity contribution in [2.45, 2.75) is 33.9 Å². The van der Waals surface area contributed by atoms with Crippen molar-refractivity contribution in [3.63, 3.8) is 0 Å². The summed E-state index contributed by atoms with van der Waals surface area (Å²) in [6.45, 7) is 7.75. The Morgan fingerprint density at radius 2 is 1.57 bits per heavy atom. The van der Waals surface area contributed by atoms with Crippen molar-refractivity contribution >= 4 is 11.9 Å². The van der Waals surface area contributed by atoms with E-state index in [4.69, 9.17) is 4.74 Å². The maximum Gasteiger partial charge on any atom is 0.343 e. The van der Waals surface area contributed by atoms with Gasteiger partial charge in [0.25, 0.3) is 5.91 Å². The van der Waals surface area contributed by atoms with E-state index in [0.29, 0.717) is 25.2 Å². The molecule has 0 radical (unpaired) electrons. The van der Waals surface area contributed by atoms with Gasteiger partial charge in [0.2, 0.25) is 0 Å². The second-order valence-corrected chi connectivity index (χ2v) is 6.58. The molecule has 0 aromatic heterocycles. The topological polar surface area (TPSA) is 76.7 Å². The van der Waals surface area contributed by atoms with E-state index in [9.17, 15) is 9.59 Å². The van der Waals surface area contributed by atoms with Crippen molar-refractivity contribution in [2.75, 3.05) is 20.3 Å². The van der Waals surface area contributed by atoms with Gasteiger partial charge in [-0.1, -0.05) is 24.3 Å². The molecule has 0 aliphatic rings. The van der Waals surface area contributed by atoms with Gasteiger partial charge in [-0.15, -0.1) is 0 Å². The lowest BCUT2D eigenvalue weighted by Crippen LogP contribution is -2.22. The van der Waals surface area contributed by atoms with Crippen LogP contribution in [0.1, 0.15) is 39.5 Å². The number of nitrogens with one attached hydrogen (secondary N) is 2. The lowest BCUT2D eigenvalue weighted by Gasteiger charge is -2.14.